The van der Waals surface area contributed by atoms with Gasteiger partial charge in [-0.3, -0.25) is 0 Å². The fourth-order valence-electron chi connectivity index (χ4n) is 7.79. The van der Waals surface area contributed by atoms with Gasteiger partial charge in [0.15, 0.2) is 29.5 Å². The van der Waals surface area contributed by atoms with E-state index in [1.54, 1.807) is 78.9 Å². The van der Waals surface area contributed by atoms with Gasteiger partial charge in [-0.15, -0.1) is 0 Å². The zero-order valence-corrected chi connectivity index (χ0v) is 48.1. The Balaban J connectivity index is 1.84. The molecule has 0 N–H and O–H groups in total. The number of sulfone groups is 3. The van der Waals surface area contributed by atoms with Gasteiger partial charge in [0.25, 0.3) is 0 Å². The van der Waals surface area contributed by atoms with Crippen molar-refractivity contribution in [1.82, 2.24) is 0 Å². The molecule has 0 spiro atoms. The zero-order chi connectivity index (χ0) is 51.4. The maximum absolute atomic E-state index is 14.2. The number of hydrogen-bond donors (Lipinski definition) is 0. The van der Waals surface area contributed by atoms with E-state index in [2.05, 4.69) is 83.9 Å². The lowest BCUT2D eigenvalue weighted by molar-refractivity contribution is 0.586. The molecular formula is C58H76Br2O6S3. The van der Waals surface area contributed by atoms with Crippen LogP contribution in [0.25, 0.3) is 0 Å². The molecule has 0 amide bonds. The lowest BCUT2D eigenvalue weighted by Gasteiger charge is -2.22. The predicted molar refractivity (Wildman–Crippen MR) is 301 cm³/mol. The van der Waals surface area contributed by atoms with Crippen molar-refractivity contribution in [1.29, 1.82) is 0 Å². The molecule has 0 aliphatic heterocycles. The van der Waals surface area contributed by atoms with Gasteiger partial charge in [-0.25, -0.2) is 25.3 Å². The van der Waals surface area contributed by atoms with E-state index in [9.17, 15) is 25.3 Å². The quantitative estimate of drug-likeness (QED) is 0.0557. The van der Waals surface area contributed by atoms with Crippen molar-refractivity contribution in [2.24, 2.45) is 0 Å². The second kappa shape index (κ2) is 29.0. The summed E-state index contributed by atoms with van der Waals surface area (Å²) in [5, 5.41) is -2.43. The van der Waals surface area contributed by atoms with E-state index in [1.165, 1.54) is 11.1 Å². The first-order chi connectivity index (χ1) is 32.5. The maximum atomic E-state index is 14.2. The smallest absolute Gasteiger partial charge is 0.186 e. The minimum atomic E-state index is -3.74. The molecule has 0 bridgehead atoms. The third-order valence-electron chi connectivity index (χ3n) is 12.0. The average Bonchev–Trinajstić information content (AvgIpc) is 3.31. The van der Waals surface area contributed by atoms with E-state index >= 15 is 0 Å². The first-order valence-corrected chi connectivity index (χ1v) is 30.4. The summed E-state index contributed by atoms with van der Waals surface area (Å²) in [6, 6.07) is 25.7. The lowest BCUT2D eigenvalue weighted by Crippen LogP contribution is -2.30. The van der Waals surface area contributed by atoms with Crippen molar-refractivity contribution in [2.45, 2.75) is 167 Å². The number of rotatable bonds is 27. The molecular weight excluding hydrogens is 1050 g/mol. The van der Waals surface area contributed by atoms with Gasteiger partial charge in [-0.05, 0) is 163 Å². The maximum Gasteiger partial charge on any atom is 0.186 e. The normalized spacial score (nSPS) is 16.1. The monoisotopic (exact) mass is 1120 g/mol. The Labute approximate surface area is 434 Å². The van der Waals surface area contributed by atoms with Crippen molar-refractivity contribution in [3.8, 4) is 0 Å². The summed E-state index contributed by atoms with van der Waals surface area (Å²) >= 11 is 7.59. The van der Waals surface area contributed by atoms with Crippen LogP contribution >= 0.6 is 31.9 Å². The Hall–Kier alpha value is -3.61. The second-order valence-electron chi connectivity index (χ2n) is 18.8. The summed E-state index contributed by atoms with van der Waals surface area (Å²) in [4.78, 5) is -0.103. The summed E-state index contributed by atoms with van der Waals surface area (Å²) in [5.41, 5.74) is 8.24. The molecule has 11 heteroatoms. The zero-order valence-electron chi connectivity index (χ0n) is 42.5. The molecule has 0 saturated heterocycles. The van der Waals surface area contributed by atoms with Crippen molar-refractivity contribution >= 4 is 61.4 Å². The van der Waals surface area contributed by atoms with E-state index in [0.29, 0.717) is 25.7 Å². The van der Waals surface area contributed by atoms with Crippen molar-refractivity contribution in [3.63, 3.8) is 0 Å². The summed E-state index contributed by atoms with van der Waals surface area (Å²) in [5.74, 6) is 0. The van der Waals surface area contributed by atoms with Gasteiger partial charge in [0.05, 0.1) is 29.6 Å². The van der Waals surface area contributed by atoms with Crippen LogP contribution in [-0.4, -0.2) is 50.7 Å². The van der Waals surface area contributed by atoms with Crippen LogP contribution < -0.4 is 0 Å². The molecule has 3 aromatic carbocycles. The first kappa shape index (κ1) is 59.7. The van der Waals surface area contributed by atoms with Gasteiger partial charge in [-0.1, -0.05) is 180 Å². The Morgan fingerprint density at radius 3 is 1.06 bits per heavy atom. The summed E-state index contributed by atoms with van der Waals surface area (Å²) < 4.78 is 84.7. The van der Waals surface area contributed by atoms with E-state index < -0.39 is 54.9 Å². The molecule has 5 unspecified atom stereocenters. The largest absolute Gasteiger partial charge is 0.223 e. The van der Waals surface area contributed by atoms with E-state index in [-0.39, 0.29) is 21.1 Å². The number of halogens is 2. The summed E-state index contributed by atoms with van der Waals surface area (Å²) in [7, 11) is -11.2. The minimum Gasteiger partial charge on any atom is -0.223 e. The molecule has 376 valence electrons. The van der Waals surface area contributed by atoms with Crippen molar-refractivity contribution in [3.05, 3.63) is 184 Å². The molecule has 0 saturated carbocycles. The molecule has 0 aromatic heterocycles. The van der Waals surface area contributed by atoms with Gasteiger partial charge in [0.1, 0.15) is 10.5 Å². The van der Waals surface area contributed by atoms with E-state index in [4.69, 9.17) is 0 Å². The molecule has 6 nitrogen and oxygen atoms in total. The molecule has 0 radical (unpaired) electrons. The number of benzene rings is 3. The highest BCUT2D eigenvalue weighted by molar-refractivity contribution is 9.10. The van der Waals surface area contributed by atoms with Crippen LogP contribution in [0.5, 0.6) is 0 Å². The molecule has 5 atom stereocenters. The molecule has 0 aliphatic rings. The summed E-state index contributed by atoms with van der Waals surface area (Å²) in [6.45, 7) is 20.1. The number of hydrogen-bond acceptors (Lipinski definition) is 6. The number of allylic oxidation sites excluding steroid dienone is 13. The van der Waals surface area contributed by atoms with Gasteiger partial charge in [-0.2, -0.15) is 0 Å². The van der Waals surface area contributed by atoms with E-state index in [0.717, 1.165) is 59.1 Å². The highest BCUT2D eigenvalue weighted by atomic mass is 79.9. The van der Waals surface area contributed by atoms with Gasteiger partial charge >= 0.3 is 0 Å². The van der Waals surface area contributed by atoms with Crippen LogP contribution in [0.15, 0.2) is 199 Å². The van der Waals surface area contributed by atoms with E-state index in [1.807, 2.05) is 78.0 Å². The highest BCUT2D eigenvalue weighted by Gasteiger charge is 2.34. The fourth-order valence-corrected chi connectivity index (χ4v) is 15.4. The van der Waals surface area contributed by atoms with Gasteiger partial charge < -0.3 is 0 Å². The van der Waals surface area contributed by atoms with Crippen LogP contribution in [-0.2, 0) is 29.5 Å². The molecule has 69 heavy (non-hydrogen) atoms. The van der Waals surface area contributed by atoms with Gasteiger partial charge in [0.2, 0.25) is 0 Å². The van der Waals surface area contributed by atoms with Gasteiger partial charge in [0, 0.05) is 0 Å². The topological polar surface area (TPSA) is 102 Å². The standard InChI is InChI=1S/C58H76Br2O6S3/c1-43(2)24-20-27-47(7)41-55(68(63,64)52-34-16-12-17-35-52)57(59)49(9)30-22-26-45(5)38-39-54(67(61,62)51-32-14-11-15-33-51)40-46(6)29-23-31-50(10)58(60)56(42-48(8)28-21-25-44(3)4)69(65,66)53-36-18-13-19-37-53/h11-19,24-25,30-38,40-42,54-58H,20-23,26-29,39H2,1-10H3/b45-38+,46-40+,47-41+,48-42+,49-30+,50-31+. The second-order valence-corrected chi connectivity index (χ2v) is 27.1. The third kappa shape index (κ3) is 19.5. The SMILES string of the molecule is CC(C)=CCC/C(C)=C/C(C(Br)/C(C)=C/CC/C(C)=C/CC(/C=C(\C)CC/C=C(\C)C(Br)C(/C=C(\C)CCC=C(C)C)S(=O)(=O)c1ccccc1)S(=O)(=O)c1ccccc1)S(=O)(=O)c1ccccc1. The third-order valence-corrected chi connectivity index (χ3v) is 21.5. The molecule has 3 aromatic rings. The molecule has 0 aliphatic carbocycles. The van der Waals surface area contributed by atoms with Crippen LogP contribution in [0.4, 0.5) is 0 Å². The molecule has 0 heterocycles. The molecule has 3 rings (SSSR count). The minimum absolute atomic E-state index is 0.265. The fraction of sp³-hybridized carbons (Fsp3) is 0.414. The van der Waals surface area contributed by atoms with Crippen LogP contribution in [0.1, 0.15) is 127 Å². The van der Waals surface area contributed by atoms with Crippen molar-refractivity contribution < 1.29 is 25.3 Å². The van der Waals surface area contributed by atoms with Crippen LogP contribution in [0, 0.1) is 0 Å². The van der Waals surface area contributed by atoms with Crippen LogP contribution in [0.2, 0.25) is 0 Å². The van der Waals surface area contributed by atoms with Crippen molar-refractivity contribution in [2.75, 3.05) is 0 Å². The highest BCUT2D eigenvalue weighted by Crippen LogP contribution is 2.32. The molecule has 0 fully saturated rings. The first-order valence-electron chi connectivity index (χ1n) is 23.9. The Morgan fingerprint density at radius 2 is 0.710 bits per heavy atom. The Kier molecular flexibility index (Phi) is 25.1. The van der Waals surface area contributed by atoms with Crippen LogP contribution in [0.3, 0.4) is 0 Å². The predicted octanol–water partition coefficient (Wildman–Crippen LogP) is 16.2. The summed E-state index contributed by atoms with van der Waals surface area (Å²) in [6.07, 6.45) is 22.1. The Morgan fingerprint density at radius 1 is 0.406 bits per heavy atom. The lowest BCUT2D eigenvalue weighted by atomic mass is 10.0. The Bertz CT molecular complexity index is 2700. The number of alkyl halides is 2. The average molecular weight is 1130 g/mol.